The second-order valence-corrected chi connectivity index (χ2v) is 4.85. The first-order valence-electron chi connectivity index (χ1n) is 6.45. The second kappa shape index (κ2) is 6.27. The van der Waals surface area contributed by atoms with Crippen molar-refractivity contribution in [1.82, 2.24) is 4.90 Å². The summed E-state index contributed by atoms with van der Waals surface area (Å²) in [4.78, 5) is 2.31. The van der Waals surface area contributed by atoms with Gasteiger partial charge in [-0.25, -0.2) is 4.39 Å². The Morgan fingerprint density at radius 3 is 3.00 bits per heavy atom. The molecule has 2 rings (SSSR count). The van der Waals surface area contributed by atoms with E-state index in [0.29, 0.717) is 12.6 Å². The zero-order chi connectivity index (χ0) is 13.0. The molecule has 0 aromatic heterocycles. The van der Waals surface area contributed by atoms with Gasteiger partial charge in [0.05, 0.1) is 6.10 Å². The summed E-state index contributed by atoms with van der Waals surface area (Å²) in [5.41, 5.74) is 7.71. The average Bonchev–Trinajstić information content (AvgIpc) is 2.39. The third kappa shape index (κ3) is 3.28. The summed E-state index contributed by atoms with van der Waals surface area (Å²) >= 11 is 0. The van der Waals surface area contributed by atoms with E-state index in [1.54, 1.807) is 19.2 Å². The molecule has 4 heteroatoms. The van der Waals surface area contributed by atoms with E-state index >= 15 is 0 Å². The molecular weight excluding hydrogens is 231 g/mol. The number of likely N-dealkylation sites (tertiary alicyclic amines) is 1. The molecule has 18 heavy (non-hydrogen) atoms. The Morgan fingerprint density at radius 1 is 1.44 bits per heavy atom. The topological polar surface area (TPSA) is 38.5 Å². The fourth-order valence-corrected chi connectivity index (χ4v) is 2.53. The zero-order valence-electron chi connectivity index (χ0n) is 10.9. The molecule has 0 saturated carbocycles. The van der Waals surface area contributed by atoms with Crippen LogP contribution in [0, 0.1) is 5.82 Å². The Hall–Kier alpha value is -0.970. The molecule has 1 aromatic rings. The van der Waals surface area contributed by atoms with E-state index in [4.69, 9.17) is 10.5 Å². The summed E-state index contributed by atoms with van der Waals surface area (Å²) in [6.45, 7) is 3.17. The van der Waals surface area contributed by atoms with E-state index < -0.39 is 0 Å². The SMILES string of the molecule is COC1CCCN(Cc2cc(F)ccc2CN)C1. The quantitative estimate of drug-likeness (QED) is 0.889. The number of rotatable bonds is 4. The van der Waals surface area contributed by atoms with Crippen LogP contribution >= 0.6 is 0 Å². The van der Waals surface area contributed by atoms with E-state index in [9.17, 15) is 4.39 Å². The predicted octanol–water partition coefficient (Wildman–Crippen LogP) is 1.90. The minimum Gasteiger partial charge on any atom is -0.380 e. The molecular formula is C14H21FN2O. The second-order valence-electron chi connectivity index (χ2n) is 4.85. The molecule has 0 amide bonds. The minimum absolute atomic E-state index is 0.192. The fraction of sp³-hybridized carbons (Fsp3) is 0.571. The highest BCUT2D eigenvalue weighted by Gasteiger charge is 2.20. The van der Waals surface area contributed by atoms with Gasteiger partial charge in [-0.2, -0.15) is 0 Å². The predicted molar refractivity (Wildman–Crippen MR) is 69.6 cm³/mol. The number of ether oxygens (including phenoxy) is 1. The Balaban J connectivity index is 2.06. The number of halogens is 1. The maximum absolute atomic E-state index is 13.3. The first-order chi connectivity index (χ1) is 8.72. The molecule has 1 aliphatic heterocycles. The third-order valence-electron chi connectivity index (χ3n) is 3.58. The van der Waals surface area contributed by atoms with Gasteiger partial charge in [0.15, 0.2) is 0 Å². The highest BCUT2D eigenvalue weighted by atomic mass is 19.1. The number of nitrogens with two attached hydrogens (primary N) is 1. The first-order valence-corrected chi connectivity index (χ1v) is 6.45. The molecule has 1 fully saturated rings. The van der Waals surface area contributed by atoms with Crippen LogP contribution in [0.15, 0.2) is 18.2 Å². The minimum atomic E-state index is -0.192. The Kier molecular flexibility index (Phi) is 4.69. The molecule has 2 N–H and O–H groups in total. The van der Waals surface area contributed by atoms with Gasteiger partial charge in [-0.15, -0.1) is 0 Å². The van der Waals surface area contributed by atoms with Crippen LogP contribution in [0.4, 0.5) is 4.39 Å². The van der Waals surface area contributed by atoms with Crippen LogP contribution in [0.5, 0.6) is 0 Å². The number of piperidine rings is 1. The molecule has 0 radical (unpaired) electrons. The largest absolute Gasteiger partial charge is 0.380 e. The summed E-state index contributed by atoms with van der Waals surface area (Å²) in [6, 6.07) is 4.85. The fourth-order valence-electron chi connectivity index (χ4n) is 2.53. The van der Waals surface area contributed by atoms with Crippen molar-refractivity contribution in [2.75, 3.05) is 20.2 Å². The molecule has 0 bridgehead atoms. The summed E-state index contributed by atoms with van der Waals surface area (Å²) < 4.78 is 18.7. The van der Waals surface area contributed by atoms with Crippen molar-refractivity contribution in [3.8, 4) is 0 Å². The Bertz CT molecular complexity index is 397. The van der Waals surface area contributed by atoms with E-state index in [0.717, 1.165) is 43.6 Å². The van der Waals surface area contributed by atoms with Crippen molar-refractivity contribution in [2.45, 2.75) is 32.0 Å². The molecule has 1 heterocycles. The number of benzene rings is 1. The Morgan fingerprint density at radius 2 is 2.28 bits per heavy atom. The van der Waals surface area contributed by atoms with Crippen molar-refractivity contribution in [3.63, 3.8) is 0 Å². The van der Waals surface area contributed by atoms with E-state index in [-0.39, 0.29) is 5.82 Å². The molecule has 0 aliphatic carbocycles. The van der Waals surface area contributed by atoms with Crippen LogP contribution in [0.25, 0.3) is 0 Å². The van der Waals surface area contributed by atoms with Crippen molar-refractivity contribution in [3.05, 3.63) is 35.1 Å². The first kappa shape index (κ1) is 13.5. The maximum atomic E-state index is 13.3. The van der Waals surface area contributed by atoms with Gasteiger partial charge >= 0.3 is 0 Å². The van der Waals surface area contributed by atoms with Crippen molar-refractivity contribution in [1.29, 1.82) is 0 Å². The van der Waals surface area contributed by atoms with Crippen LogP contribution in [0.3, 0.4) is 0 Å². The molecule has 1 unspecified atom stereocenters. The molecule has 1 aliphatic rings. The van der Waals surface area contributed by atoms with Gasteiger partial charge in [-0.1, -0.05) is 6.07 Å². The van der Waals surface area contributed by atoms with Gasteiger partial charge in [0.25, 0.3) is 0 Å². The maximum Gasteiger partial charge on any atom is 0.123 e. The van der Waals surface area contributed by atoms with Gasteiger partial charge in [-0.05, 0) is 42.6 Å². The molecule has 1 saturated heterocycles. The summed E-state index contributed by atoms with van der Waals surface area (Å²) in [5, 5.41) is 0. The molecule has 1 aromatic carbocycles. The van der Waals surface area contributed by atoms with Gasteiger partial charge in [-0.3, -0.25) is 4.90 Å². The van der Waals surface area contributed by atoms with Gasteiger partial charge in [0, 0.05) is 26.7 Å². The van der Waals surface area contributed by atoms with Crippen LogP contribution in [0.1, 0.15) is 24.0 Å². The lowest BCUT2D eigenvalue weighted by atomic mass is 10.0. The van der Waals surface area contributed by atoms with Crippen molar-refractivity contribution >= 4 is 0 Å². The number of hydrogen-bond acceptors (Lipinski definition) is 3. The molecule has 3 nitrogen and oxygen atoms in total. The van der Waals surface area contributed by atoms with Crippen LogP contribution in [0.2, 0.25) is 0 Å². The monoisotopic (exact) mass is 252 g/mol. The number of nitrogens with zero attached hydrogens (tertiary/aromatic N) is 1. The standard InChI is InChI=1S/C14H21FN2O/c1-18-14-3-2-6-17(10-14)9-12-7-13(15)5-4-11(12)8-16/h4-5,7,14H,2-3,6,8-10,16H2,1H3. The number of methoxy groups -OCH3 is 1. The smallest absolute Gasteiger partial charge is 0.123 e. The Labute approximate surface area is 108 Å². The highest BCUT2D eigenvalue weighted by molar-refractivity contribution is 5.27. The van der Waals surface area contributed by atoms with Gasteiger partial charge in [0.1, 0.15) is 5.82 Å². The normalized spacial score (nSPS) is 21.2. The van der Waals surface area contributed by atoms with Gasteiger partial charge in [0.2, 0.25) is 0 Å². The molecule has 100 valence electrons. The molecule has 0 spiro atoms. The van der Waals surface area contributed by atoms with E-state index in [1.807, 2.05) is 0 Å². The van der Waals surface area contributed by atoms with E-state index in [2.05, 4.69) is 4.90 Å². The summed E-state index contributed by atoms with van der Waals surface area (Å²) in [5.74, 6) is -0.192. The van der Waals surface area contributed by atoms with Crippen molar-refractivity contribution in [2.24, 2.45) is 5.73 Å². The lowest BCUT2D eigenvalue weighted by Crippen LogP contribution is -2.38. The van der Waals surface area contributed by atoms with Crippen molar-refractivity contribution < 1.29 is 9.13 Å². The third-order valence-corrected chi connectivity index (χ3v) is 3.58. The lowest BCUT2D eigenvalue weighted by Gasteiger charge is -2.32. The lowest BCUT2D eigenvalue weighted by molar-refractivity contribution is 0.0284. The number of hydrogen-bond donors (Lipinski definition) is 1. The summed E-state index contributed by atoms with van der Waals surface area (Å²) in [6.07, 6.45) is 2.54. The van der Waals surface area contributed by atoms with E-state index in [1.165, 1.54) is 6.07 Å². The van der Waals surface area contributed by atoms with Gasteiger partial charge < -0.3 is 10.5 Å². The van der Waals surface area contributed by atoms with Crippen LogP contribution in [-0.2, 0) is 17.8 Å². The highest BCUT2D eigenvalue weighted by Crippen LogP contribution is 2.18. The summed E-state index contributed by atoms with van der Waals surface area (Å²) in [7, 11) is 1.75. The average molecular weight is 252 g/mol. The molecule has 1 atom stereocenters. The van der Waals surface area contributed by atoms with Crippen LogP contribution in [-0.4, -0.2) is 31.2 Å². The van der Waals surface area contributed by atoms with Crippen LogP contribution < -0.4 is 5.73 Å². The zero-order valence-corrected chi connectivity index (χ0v) is 10.9.